The van der Waals surface area contributed by atoms with Crippen LogP contribution >= 0.6 is 0 Å². The van der Waals surface area contributed by atoms with E-state index < -0.39 is 30.1 Å². The van der Waals surface area contributed by atoms with Crippen LogP contribution in [0.1, 0.15) is 33.2 Å². The second-order valence-electron chi connectivity index (χ2n) is 6.03. The Labute approximate surface area is 164 Å². The van der Waals surface area contributed by atoms with Gasteiger partial charge >= 0.3 is 0 Å². The minimum absolute atomic E-state index is 0.0493. The molecule has 2 amide bonds. The van der Waals surface area contributed by atoms with Gasteiger partial charge in [0.05, 0.1) is 22.7 Å². The maximum absolute atomic E-state index is 12.9. The summed E-state index contributed by atoms with van der Waals surface area (Å²) in [6.45, 7) is 1.42. The van der Waals surface area contributed by atoms with Gasteiger partial charge in [0.25, 0.3) is 18.2 Å². The van der Waals surface area contributed by atoms with Crippen molar-refractivity contribution in [2.45, 2.75) is 19.4 Å². The summed E-state index contributed by atoms with van der Waals surface area (Å²) in [6.07, 6.45) is -1.81. The standard InChI is InChI=1S/C19H14F2N6O2/c1-10(27-18(28)12-4-2-3-5-13(12)19(27)29)17(26-16(23)15(20)21)25-14-7-6-11(8-22)9-24-14/h2-7,9-10,15H,1H3,(H2,23,24,25,26). The average Bonchev–Trinajstić information content (AvgIpc) is 2.98. The topological polar surface area (TPSA) is 125 Å². The molecule has 3 rings (SSSR count). The number of amides is 2. The lowest BCUT2D eigenvalue weighted by Gasteiger charge is -2.22. The molecule has 146 valence electrons. The van der Waals surface area contributed by atoms with Crippen LogP contribution in [0.5, 0.6) is 0 Å². The number of nitriles is 1. The molecule has 0 fully saturated rings. The number of pyridine rings is 1. The van der Waals surface area contributed by atoms with Gasteiger partial charge in [0.2, 0.25) is 0 Å². The van der Waals surface area contributed by atoms with Crippen LogP contribution in [0.4, 0.5) is 14.6 Å². The van der Waals surface area contributed by atoms with Crippen molar-refractivity contribution in [1.82, 2.24) is 9.88 Å². The van der Waals surface area contributed by atoms with Crippen LogP contribution in [0.15, 0.2) is 52.6 Å². The van der Waals surface area contributed by atoms with E-state index in [1.807, 2.05) is 6.07 Å². The van der Waals surface area contributed by atoms with Crippen molar-refractivity contribution in [3.05, 3.63) is 59.3 Å². The number of hydrogen-bond donors (Lipinski definition) is 1. The fourth-order valence-corrected chi connectivity index (χ4v) is 2.70. The number of rotatable bonds is 4. The Kier molecular flexibility index (Phi) is 5.40. The van der Waals surface area contributed by atoms with Crippen molar-refractivity contribution < 1.29 is 18.4 Å². The van der Waals surface area contributed by atoms with Crippen molar-refractivity contribution in [3.8, 4) is 6.07 Å². The Morgan fingerprint density at radius 2 is 1.79 bits per heavy atom. The second-order valence-corrected chi connectivity index (χ2v) is 6.03. The third kappa shape index (κ3) is 3.84. The maximum Gasteiger partial charge on any atom is 0.294 e. The predicted molar refractivity (Wildman–Crippen MR) is 100 cm³/mol. The lowest BCUT2D eigenvalue weighted by atomic mass is 10.1. The molecule has 2 aromatic rings. The highest BCUT2D eigenvalue weighted by Crippen LogP contribution is 2.25. The molecule has 1 aliphatic rings. The van der Waals surface area contributed by atoms with Gasteiger partial charge in [0.15, 0.2) is 17.5 Å². The maximum atomic E-state index is 12.9. The molecule has 0 bridgehead atoms. The normalized spacial score (nSPS) is 15.5. The quantitative estimate of drug-likeness (QED) is 0.482. The number of aromatic nitrogens is 1. The number of alkyl halides is 2. The Hall–Kier alpha value is -4.00. The Morgan fingerprint density at radius 3 is 2.28 bits per heavy atom. The fraction of sp³-hybridized carbons (Fsp3) is 0.158. The highest BCUT2D eigenvalue weighted by atomic mass is 19.3. The number of amidine groups is 2. The largest absolute Gasteiger partial charge is 0.382 e. The molecule has 10 heteroatoms. The summed E-state index contributed by atoms with van der Waals surface area (Å²) in [7, 11) is 0. The Morgan fingerprint density at radius 1 is 1.17 bits per heavy atom. The number of aliphatic imine (C=N–C) groups is 2. The molecule has 0 saturated carbocycles. The van der Waals surface area contributed by atoms with Crippen LogP contribution in [-0.4, -0.2) is 45.8 Å². The zero-order chi connectivity index (χ0) is 21.1. The molecule has 29 heavy (non-hydrogen) atoms. The Balaban J connectivity index is 2.03. The number of carbonyl (C=O) groups is 2. The number of halogens is 2. The van der Waals surface area contributed by atoms with Gasteiger partial charge < -0.3 is 5.73 Å². The number of nitrogens with zero attached hydrogens (tertiary/aromatic N) is 5. The van der Waals surface area contributed by atoms with E-state index in [9.17, 15) is 18.4 Å². The first-order valence-corrected chi connectivity index (χ1v) is 8.37. The van der Waals surface area contributed by atoms with Crippen LogP contribution < -0.4 is 5.73 Å². The van der Waals surface area contributed by atoms with Crippen LogP contribution in [0.3, 0.4) is 0 Å². The van der Waals surface area contributed by atoms with Gasteiger partial charge in [-0.25, -0.2) is 23.7 Å². The molecule has 0 spiro atoms. The molecule has 1 aromatic carbocycles. The van der Waals surface area contributed by atoms with E-state index in [0.717, 1.165) is 4.90 Å². The summed E-state index contributed by atoms with van der Waals surface area (Å²) >= 11 is 0. The summed E-state index contributed by atoms with van der Waals surface area (Å²) in [6, 6.07) is 9.81. The summed E-state index contributed by atoms with van der Waals surface area (Å²) < 4.78 is 25.9. The number of benzene rings is 1. The minimum atomic E-state index is -3.05. The van der Waals surface area contributed by atoms with E-state index in [1.165, 1.54) is 37.4 Å². The molecular weight excluding hydrogens is 382 g/mol. The average molecular weight is 396 g/mol. The first kappa shape index (κ1) is 19.8. The van der Waals surface area contributed by atoms with Crippen LogP contribution in [0.2, 0.25) is 0 Å². The number of carbonyl (C=O) groups excluding carboxylic acids is 2. The molecule has 0 radical (unpaired) electrons. The SMILES string of the molecule is CC(C(N=C(N)C(F)F)=Nc1ccc(C#N)cn1)N1C(=O)c2ccccc2C1=O. The zero-order valence-corrected chi connectivity index (χ0v) is 15.1. The molecular formula is C19H14F2N6O2. The van der Waals surface area contributed by atoms with Gasteiger partial charge in [-0.05, 0) is 31.2 Å². The first-order valence-electron chi connectivity index (χ1n) is 8.37. The van der Waals surface area contributed by atoms with E-state index in [1.54, 1.807) is 12.1 Å². The third-order valence-electron chi connectivity index (χ3n) is 4.16. The number of imide groups is 1. The van der Waals surface area contributed by atoms with Crippen molar-refractivity contribution >= 4 is 29.3 Å². The molecule has 2 heterocycles. The van der Waals surface area contributed by atoms with Gasteiger partial charge in [-0.3, -0.25) is 14.5 Å². The van der Waals surface area contributed by atoms with E-state index >= 15 is 0 Å². The zero-order valence-electron chi connectivity index (χ0n) is 15.1. The van der Waals surface area contributed by atoms with Crippen LogP contribution in [0, 0.1) is 11.3 Å². The fourth-order valence-electron chi connectivity index (χ4n) is 2.70. The number of fused-ring (bicyclic) bond motifs is 1. The molecule has 1 aliphatic heterocycles. The van der Waals surface area contributed by atoms with E-state index in [-0.39, 0.29) is 28.3 Å². The van der Waals surface area contributed by atoms with E-state index in [2.05, 4.69) is 15.0 Å². The Bertz CT molecular complexity index is 1040. The monoisotopic (exact) mass is 396 g/mol. The highest BCUT2D eigenvalue weighted by molar-refractivity contribution is 6.23. The smallest absolute Gasteiger partial charge is 0.294 e. The molecule has 8 nitrogen and oxygen atoms in total. The van der Waals surface area contributed by atoms with E-state index in [4.69, 9.17) is 11.0 Å². The summed E-state index contributed by atoms with van der Waals surface area (Å²) in [5, 5.41) is 8.84. The summed E-state index contributed by atoms with van der Waals surface area (Å²) in [4.78, 5) is 37.9. The molecule has 0 aliphatic carbocycles. The second kappa shape index (κ2) is 7.93. The van der Waals surface area contributed by atoms with E-state index in [0.29, 0.717) is 0 Å². The number of nitrogens with two attached hydrogens (primary N) is 1. The van der Waals surface area contributed by atoms with Crippen molar-refractivity contribution in [3.63, 3.8) is 0 Å². The summed E-state index contributed by atoms with van der Waals surface area (Å²) in [5.74, 6) is -2.45. The third-order valence-corrected chi connectivity index (χ3v) is 4.16. The predicted octanol–water partition coefficient (Wildman–Crippen LogP) is 2.29. The molecule has 1 unspecified atom stereocenters. The lowest BCUT2D eigenvalue weighted by Crippen LogP contribution is -2.43. The van der Waals surface area contributed by atoms with Crippen molar-refractivity contribution in [1.29, 1.82) is 5.26 Å². The van der Waals surface area contributed by atoms with Gasteiger partial charge in [-0.2, -0.15) is 5.26 Å². The first-order chi connectivity index (χ1) is 13.8. The molecule has 1 aromatic heterocycles. The summed E-state index contributed by atoms with van der Waals surface area (Å²) in [5.41, 5.74) is 5.95. The van der Waals surface area contributed by atoms with Crippen LogP contribution in [-0.2, 0) is 0 Å². The van der Waals surface area contributed by atoms with Gasteiger partial charge in [-0.1, -0.05) is 12.1 Å². The van der Waals surface area contributed by atoms with Gasteiger partial charge in [0, 0.05) is 6.20 Å². The van der Waals surface area contributed by atoms with Crippen LogP contribution in [0.25, 0.3) is 0 Å². The lowest BCUT2D eigenvalue weighted by molar-refractivity contribution is 0.0634. The molecule has 2 N–H and O–H groups in total. The minimum Gasteiger partial charge on any atom is -0.382 e. The molecule has 1 atom stereocenters. The van der Waals surface area contributed by atoms with Crippen molar-refractivity contribution in [2.75, 3.05) is 0 Å². The number of hydrogen-bond acceptors (Lipinski definition) is 5. The molecule has 0 saturated heterocycles. The van der Waals surface area contributed by atoms with Crippen molar-refractivity contribution in [2.24, 2.45) is 15.7 Å². The van der Waals surface area contributed by atoms with Gasteiger partial charge in [0.1, 0.15) is 6.07 Å². The highest BCUT2D eigenvalue weighted by Gasteiger charge is 2.40. The van der Waals surface area contributed by atoms with Gasteiger partial charge in [-0.15, -0.1) is 0 Å².